The summed E-state index contributed by atoms with van der Waals surface area (Å²) in [5, 5.41) is 0. The summed E-state index contributed by atoms with van der Waals surface area (Å²) in [7, 11) is -4.15. The topological polar surface area (TPSA) is 76.0 Å². The molecule has 5 nitrogen and oxygen atoms in total. The van der Waals surface area contributed by atoms with E-state index in [0.29, 0.717) is 12.3 Å². The first-order valence-corrected chi connectivity index (χ1v) is 9.39. The van der Waals surface area contributed by atoms with Gasteiger partial charge in [0.25, 0.3) is 0 Å². The van der Waals surface area contributed by atoms with E-state index in [-0.39, 0.29) is 24.5 Å². The molecule has 2 rings (SSSR count). The van der Waals surface area contributed by atoms with Gasteiger partial charge in [-0.05, 0) is 64.8 Å². The van der Waals surface area contributed by atoms with E-state index in [0.717, 1.165) is 19.3 Å². The maximum absolute atomic E-state index is 10.9. The second kappa shape index (κ2) is 5.82. The Morgan fingerprint density at radius 3 is 2.29 bits per heavy atom. The average Bonchev–Trinajstić information content (AvgIpc) is 2.56. The van der Waals surface area contributed by atoms with Crippen LogP contribution in [0.4, 0.5) is 0 Å². The Morgan fingerprint density at radius 1 is 1.29 bits per heavy atom. The molecule has 0 radical (unpaired) electrons. The van der Waals surface area contributed by atoms with Gasteiger partial charge in [0, 0.05) is 0 Å². The molecule has 0 amide bonds. The Balaban J connectivity index is 1.91. The van der Waals surface area contributed by atoms with Gasteiger partial charge in [0.2, 0.25) is 0 Å². The van der Waals surface area contributed by atoms with Gasteiger partial charge in [0.15, 0.2) is 0 Å². The fourth-order valence-electron chi connectivity index (χ4n) is 2.73. The zero-order valence-electron chi connectivity index (χ0n) is 13.3. The van der Waals surface area contributed by atoms with Crippen LogP contribution in [-0.4, -0.2) is 34.3 Å². The van der Waals surface area contributed by atoms with E-state index >= 15 is 0 Å². The van der Waals surface area contributed by atoms with E-state index in [1.807, 2.05) is 27.7 Å². The lowest BCUT2D eigenvalue weighted by Gasteiger charge is -2.32. The minimum atomic E-state index is -3.87. The third-order valence-electron chi connectivity index (χ3n) is 4.94. The predicted molar refractivity (Wildman–Crippen MR) is 83.0 cm³/mol. The SMILES string of the molecule is CC1(C)OB(C2=CCC(CCP(=O)(O)O)CC2)OC1(C)C. The van der Waals surface area contributed by atoms with E-state index in [1.165, 1.54) is 5.47 Å². The molecule has 21 heavy (non-hydrogen) atoms. The number of allylic oxidation sites excluding steroid dienone is 2. The smallest absolute Gasteiger partial charge is 0.400 e. The molecule has 1 aliphatic heterocycles. The van der Waals surface area contributed by atoms with Crippen LogP contribution in [0.5, 0.6) is 0 Å². The first-order valence-electron chi connectivity index (χ1n) is 7.59. The zero-order chi connectivity index (χ0) is 15.9. The molecule has 120 valence electrons. The Labute approximate surface area is 127 Å². The van der Waals surface area contributed by atoms with Crippen molar-refractivity contribution < 1.29 is 23.7 Å². The molecule has 1 aliphatic carbocycles. The lowest BCUT2D eigenvalue weighted by Crippen LogP contribution is -2.41. The molecule has 0 aromatic heterocycles. The van der Waals surface area contributed by atoms with Crippen molar-refractivity contribution in [1.82, 2.24) is 0 Å². The largest absolute Gasteiger partial charge is 0.490 e. The van der Waals surface area contributed by atoms with E-state index in [1.54, 1.807) is 0 Å². The molecule has 1 heterocycles. The number of rotatable bonds is 4. The Hall–Kier alpha value is -0.125. The third-order valence-corrected chi connectivity index (χ3v) is 5.78. The van der Waals surface area contributed by atoms with Gasteiger partial charge in [-0.1, -0.05) is 6.08 Å². The quantitative estimate of drug-likeness (QED) is 0.616. The van der Waals surface area contributed by atoms with Gasteiger partial charge in [-0.25, -0.2) is 0 Å². The second-order valence-electron chi connectivity index (χ2n) is 7.18. The molecule has 2 aliphatic rings. The highest BCUT2D eigenvalue weighted by Crippen LogP contribution is 2.42. The monoisotopic (exact) mass is 316 g/mol. The second-order valence-corrected chi connectivity index (χ2v) is 8.96. The Bertz CT molecular complexity index is 452. The molecule has 1 unspecified atom stereocenters. The summed E-state index contributed by atoms with van der Waals surface area (Å²) in [5.41, 5.74) is 0.520. The van der Waals surface area contributed by atoms with E-state index in [4.69, 9.17) is 19.1 Å². The molecular formula is C14H26BO5P. The van der Waals surface area contributed by atoms with Crippen molar-refractivity contribution >= 4 is 14.7 Å². The number of hydrogen-bond donors (Lipinski definition) is 2. The molecule has 0 spiro atoms. The number of hydrogen-bond acceptors (Lipinski definition) is 3. The van der Waals surface area contributed by atoms with Crippen molar-refractivity contribution in [3.8, 4) is 0 Å². The van der Waals surface area contributed by atoms with Gasteiger partial charge in [-0.3, -0.25) is 4.57 Å². The first-order chi connectivity index (χ1) is 9.50. The average molecular weight is 316 g/mol. The fourth-order valence-corrected chi connectivity index (χ4v) is 3.43. The fraction of sp³-hybridized carbons (Fsp3) is 0.857. The molecule has 2 N–H and O–H groups in total. The van der Waals surface area contributed by atoms with Crippen LogP contribution >= 0.6 is 7.60 Å². The van der Waals surface area contributed by atoms with Crippen molar-refractivity contribution in [3.05, 3.63) is 11.5 Å². The lowest BCUT2D eigenvalue weighted by molar-refractivity contribution is 0.00578. The Kier molecular flexibility index (Phi) is 4.78. The highest BCUT2D eigenvalue weighted by Gasteiger charge is 2.52. The van der Waals surface area contributed by atoms with Crippen molar-refractivity contribution in [3.63, 3.8) is 0 Å². The molecule has 0 saturated carbocycles. The van der Waals surface area contributed by atoms with E-state index < -0.39 is 7.60 Å². The minimum absolute atomic E-state index is 0.0165. The van der Waals surface area contributed by atoms with Crippen LogP contribution in [-0.2, 0) is 13.9 Å². The van der Waals surface area contributed by atoms with Crippen molar-refractivity contribution in [1.29, 1.82) is 0 Å². The van der Waals surface area contributed by atoms with Gasteiger partial charge in [-0.15, -0.1) is 0 Å². The summed E-state index contributed by atoms with van der Waals surface area (Å²) >= 11 is 0. The summed E-state index contributed by atoms with van der Waals surface area (Å²) in [6.45, 7) is 8.16. The van der Waals surface area contributed by atoms with Gasteiger partial charge in [-0.2, -0.15) is 0 Å². The molecule has 1 saturated heterocycles. The van der Waals surface area contributed by atoms with Crippen LogP contribution in [0.1, 0.15) is 53.4 Å². The third kappa shape index (κ3) is 4.20. The van der Waals surface area contributed by atoms with Crippen LogP contribution in [0.25, 0.3) is 0 Å². The predicted octanol–water partition coefficient (Wildman–Crippen LogP) is 2.91. The van der Waals surface area contributed by atoms with Crippen molar-refractivity contribution in [2.75, 3.05) is 6.16 Å². The van der Waals surface area contributed by atoms with Crippen LogP contribution in [0.3, 0.4) is 0 Å². The van der Waals surface area contributed by atoms with E-state index in [9.17, 15) is 4.57 Å². The molecule has 7 heteroatoms. The van der Waals surface area contributed by atoms with Gasteiger partial charge in [0.05, 0.1) is 17.4 Å². The molecule has 1 atom stereocenters. The normalized spacial score (nSPS) is 28.6. The summed E-state index contributed by atoms with van der Waals surface area (Å²) in [6.07, 6.45) is 5.36. The van der Waals surface area contributed by atoms with Gasteiger partial charge < -0.3 is 19.1 Å². The summed E-state index contributed by atoms with van der Waals surface area (Å²) in [6, 6.07) is 0. The lowest BCUT2D eigenvalue weighted by atomic mass is 9.70. The highest BCUT2D eigenvalue weighted by atomic mass is 31.2. The van der Waals surface area contributed by atoms with Crippen LogP contribution in [0, 0.1) is 5.92 Å². The van der Waals surface area contributed by atoms with E-state index in [2.05, 4.69) is 6.08 Å². The summed E-state index contributed by atoms with van der Waals surface area (Å²) in [4.78, 5) is 17.9. The summed E-state index contributed by atoms with van der Waals surface area (Å²) in [5.74, 6) is 0.351. The molecule has 1 fully saturated rings. The molecule has 0 aromatic carbocycles. The minimum Gasteiger partial charge on any atom is -0.400 e. The first kappa shape index (κ1) is 17.2. The summed E-state index contributed by atoms with van der Waals surface area (Å²) < 4.78 is 23.0. The maximum atomic E-state index is 10.9. The van der Waals surface area contributed by atoms with Crippen molar-refractivity contribution in [2.45, 2.75) is 64.6 Å². The zero-order valence-corrected chi connectivity index (χ0v) is 14.2. The maximum Gasteiger partial charge on any atom is 0.490 e. The van der Waals surface area contributed by atoms with Crippen LogP contribution in [0.2, 0.25) is 0 Å². The van der Waals surface area contributed by atoms with Crippen LogP contribution in [0.15, 0.2) is 11.5 Å². The highest BCUT2D eigenvalue weighted by molar-refractivity contribution is 7.51. The molecule has 0 bridgehead atoms. The van der Waals surface area contributed by atoms with Gasteiger partial charge in [0.1, 0.15) is 0 Å². The van der Waals surface area contributed by atoms with Crippen molar-refractivity contribution in [2.24, 2.45) is 5.92 Å². The Morgan fingerprint density at radius 2 is 1.86 bits per heavy atom. The molecule has 0 aromatic rings. The van der Waals surface area contributed by atoms with Crippen LogP contribution < -0.4 is 0 Å². The van der Waals surface area contributed by atoms with Gasteiger partial charge >= 0.3 is 14.7 Å². The standard InChI is InChI=1S/C14H26BO5P/c1-13(2)14(3,4)20-15(19-13)12-7-5-11(6-8-12)9-10-21(16,17)18/h7,11H,5-6,8-10H2,1-4H3,(H2,16,17,18). The molecular weight excluding hydrogens is 290 g/mol.